The summed E-state index contributed by atoms with van der Waals surface area (Å²) >= 11 is 0. The Morgan fingerprint density at radius 3 is 2.25 bits per heavy atom. The molecule has 0 aromatic heterocycles. The number of benzene rings is 1. The van der Waals surface area contributed by atoms with E-state index < -0.39 is 0 Å². The molecule has 1 aromatic rings. The van der Waals surface area contributed by atoms with E-state index in [2.05, 4.69) is 36.5 Å². The van der Waals surface area contributed by atoms with Crippen molar-refractivity contribution in [3.8, 4) is 0 Å². The number of hydrogen-bond donors (Lipinski definition) is 2. The van der Waals surface area contributed by atoms with E-state index in [0.717, 1.165) is 13.0 Å². The highest BCUT2D eigenvalue weighted by molar-refractivity contribution is 5.22. The zero-order valence-electron chi connectivity index (χ0n) is 7.51. The zero-order chi connectivity index (χ0) is 8.81. The first kappa shape index (κ1) is 9.23. The van der Waals surface area contributed by atoms with E-state index in [1.165, 1.54) is 11.1 Å². The van der Waals surface area contributed by atoms with Crippen molar-refractivity contribution in [3.05, 3.63) is 35.4 Å². The molecule has 0 heterocycles. The minimum Gasteiger partial charge on any atom is -0.318 e. The van der Waals surface area contributed by atoms with Crippen molar-refractivity contribution >= 4 is 0 Å². The fourth-order valence-electron chi connectivity index (χ4n) is 1.11. The Morgan fingerprint density at radius 2 is 1.75 bits per heavy atom. The van der Waals surface area contributed by atoms with Crippen molar-refractivity contribution in [1.29, 1.82) is 0 Å². The van der Waals surface area contributed by atoms with Crippen LogP contribution in [0, 0.1) is 0 Å². The van der Waals surface area contributed by atoms with Crippen LogP contribution in [-0.4, -0.2) is 6.67 Å². The average molecular weight is 164 g/mol. The SMILES string of the molecule is CCc1ccc(CNCN)cc1. The fraction of sp³-hybridized carbons (Fsp3) is 0.400. The number of rotatable bonds is 4. The van der Waals surface area contributed by atoms with Crippen LogP contribution in [0.25, 0.3) is 0 Å². The third-order valence-electron chi connectivity index (χ3n) is 1.90. The van der Waals surface area contributed by atoms with E-state index in [4.69, 9.17) is 5.73 Å². The molecule has 0 bridgehead atoms. The molecule has 0 aliphatic rings. The van der Waals surface area contributed by atoms with Crippen LogP contribution in [0.15, 0.2) is 24.3 Å². The Kier molecular flexibility index (Phi) is 3.77. The lowest BCUT2D eigenvalue weighted by atomic mass is 10.1. The zero-order valence-corrected chi connectivity index (χ0v) is 7.51. The summed E-state index contributed by atoms with van der Waals surface area (Å²) in [6.07, 6.45) is 1.10. The van der Waals surface area contributed by atoms with Gasteiger partial charge in [0.2, 0.25) is 0 Å². The van der Waals surface area contributed by atoms with Gasteiger partial charge in [-0.05, 0) is 17.5 Å². The van der Waals surface area contributed by atoms with Crippen LogP contribution in [0.2, 0.25) is 0 Å². The predicted octanol–water partition coefficient (Wildman–Crippen LogP) is 1.25. The van der Waals surface area contributed by atoms with Crippen molar-refractivity contribution in [3.63, 3.8) is 0 Å². The van der Waals surface area contributed by atoms with Crippen molar-refractivity contribution in [2.75, 3.05) is 6.67 Å². The molecule has 2 nitrogen and oxygen atoms in total. The Labute approximate surface area is 73.8 Å². The monoisotopic (exact) mass is 164 g/mol. The Morgan fingerprint density at radius 1 is 1.17 bits per heavy atom. The summed E-state index contributed by atoms with van der Waals surface area (Å²) in [5.41, 5.74) is 7.99. The molecule has 0 atom stereocenters. The molecule has 12 heavy (non-hydrogen) atoms. The molecule has 0 unspecified atom stereocenters. The van der Waals surface area contributed by atoms with E-state index in [1.54, 1.807) is 0 Å². The molecule has 0 saturated carbocycles. The van der Waals surface area contributed by atoms with Crippen LogP contribution in [0.3, 0.4) is 0 Å². The normalized spacial score (nSPS) is 10.2. The first-order valence-corrected chi connectivity index (χ1v) is 4.35. The van der Waals surface area contributed by atoms with E-state index in [1.807, 2.05) is 0 Å². The van der Waals surface area contributed by atoms with Gasteiger partial charge in [-0.3, -0.25) is 0 Å². The second kappa shape index (κ2) is 4.91. The van der Waals surface area contributed by atoms with Gasteiger partial charge in [0.1, 0.15) is 0 Å². The lowest BCUT2D eigenvalue weighted by Crippen LogP contribution is -2.21. The smallest absolute Gasteiger partial charge is 0.0431 e. The summed E-state index contributed by atoms with van der Waals surface area (Å²) in [5.74, 6) is 0. The van der Waals surface area contributed by atoms with Crippen molar-refractivity contribution in [1.82, 2.24) is 5.32 Å². The maximum atomic E-state index is 5.32. The summed E-state index contributed by atoms with van der Waals surface area (Å²) in [5, 5.41) is 3.08. The number of hydrogen-bond acceptors (Lipinski definition) is 2. The van der Waals surface area contributed by atoms with E-state index >= 15 is 0 Å². The minimum atomic E-state index is 0.537. The van der Waals surface area contributed by atoms with Gasteiger partial charge >= 0.3 is 0 Å². The molecule has 0 fully saturated rings. The molecular weight excluding hydrogens is 148 g/mol. The molecule has 2 heteroatoms. The van der Waals surface area contributed by atoms with Crippen LogP contribution in [0.1, 0.15) is 18.1 Å². The maximum absolute atomic E-state index is 5.32. The largest absolute Gasteiger partial charge is 0.318 e. The standard InChI is InChI=1S/C10H16N2/c1-2-9-3-5-10(6-4-9)7-12-8-11/h3-6,12H,2,7-8,11H2,1H3. The molecule has 0 spiro atoms. The highest BCUT2D eigenvalue weighted by Gasteiger charge is 1.91. The van der Waals surface area contributed by atoms with Gasteiger partial charge in [-0.15, -0.1) is 0 Å². The summed E-state index contributed by atoms with van der Waals surface area (Å²) in [4.78, 5) is 0. The van der Waals surface area contributed by atoms with Gasteiger partial charge in [0, 0.05) is 13.2 Å². The van der Waals surface area contributed by atoms with Crippen LogP contribution in [0.5, 0.6) is 0 Å². The Hall–Kier alpha value is -0.860. The molecule has 1 rings (SSSR count). The van der Waals surface area contributed by atoms with Gasteiger partial charge in [-0.1, -0.05) is 31.2 Å². The van der Waals surface area contributed by atoms with E-state index in [0.29, 0.717) is 6.67 Å². The first-order valence-electron chi connectivity index (χ1n) is 4.35. The molecule has 0 radical (unpaired) electrons. The molecular formula is C10H16N2. The van der Waals surface area contributed by atoms with Gasteiger partial charge in [0.25, 0.3) is 0 Å². The molecule has 0 aliphatic carbocycles. The quantitative estimate of drug-likeness (QED) is 0.657. The predicted molar refractivity (Wildman–Crippen MR) is 51.7 cm³/mol. The average Bonchev–Trinajstić information content (AvgIpc) is 2.15. The van der Waals surface area contributed by atoms with Gasteiger partial charge in [0.15, 0.2) is 0 Å². The van der Waals surface area contributed by atoms with Gasteiger partial charge in [-0.25, -0.2) is 0 Å². The summed E-state index contributed by atoms with van der Waals surface area (Å²) in [6.45, 7) is 3.56. The molecule has 0 saturated heterocycles. The highest BCUT2D eigenvalue weighted by Crippen LogP contribution is 2.04. The Balaban J connectivity index is 2.53. The topological polar surface area (TPSA) is 38.0 Å². The number of nitrogens with one attached hydrogen (secondary N) is 1. The molecule has 3 N–H and O–H groups in total. The van der Waals surface area contributed by atoms with Crippen LogP contribution in [0.4, 0.5) is 0 Å². The fourth-order valence-corrected chi connectivity index (χ4v) is 1.11. The summed E-state index contributed by atoms with van der Waals surface area (Å²) < 4.78 is 0. The van der Waals surface area contributed by atoms with Gasteiger partial charge < -0.3 is 11.1 Å². The second-order valence-electron chi connectivity index (χ2n) is 2.80. The van der Waals surface area contributed by atoms with Crippen LogP contribution in [-0.2, 0) is 13.0 Å². The van der Waals surface area contributed by atoms with Crippen molar-refractivity contribution < 1.29 is 0 Å². The van der Waals surface area contributed by atoms with E-state index in [9.17, 15) is 0 Å². The van der Waals surface area contributed by atoms with Crippen LogP contribution < -0.4 is 11.1 Å². The van der Waals surface area contributed by atoms with Crippen molar-refractivity contribution in [2.24, 2.45) is 5.73 Å². The highest BCUT2D eigenvalue weighted by atomic mass is 14.9. The first-order chi connectivity index (χ1) is 5.86. The van der Waals surface area contributed by atoms with Crippen molar-refractivity contribution in [2.45, 2.75) is 19.9 Å². The number of aryl methyl sites for hydroxylation is 1. The minimum absolute atomic E-state index is 0.537. The molecule has 1 aromatic carbocycles. The third kappa shape index (κ3) is 2.64. The maximum Gasteiger partial charge on any atom is 0.0431 e. The third-order valence-corrected chi connectivity index (χ3v) is 1.90. The Bertz CT molecular complexity index is 216. The molecule has 66 valence electrons. The number of nitrogens with two attached hydrogens (primary N) is 1. The van der Waals surface area contributed by atoms with Gasteiger partial charge in [-0.2, -0.15) is 0 Å². The lowest BCUT2D eigenvalue weighted by molar-refractivity contribution is 0.709. The van der Waals surface area contributed by atoms with Gasteiger partial charge in [0.05, 0.1) is 0 Å². The molecule has 0 amide bonds. The summed E-state index contributed by atoms with van der Waals surface area (Å²) in [6, 6.07) is 8.60. The molecule has 0 aliphatic heterocycles. The van der Waals surface area contributed by atoms with E-state index in [-0.39, 0.29) is 0 Å². The second-order valence-corrected chi connectivity index (χ2v) is 2.80. The van der Waals surface area contributed by atoms with Crippen LogP contribution >= 0.6 is 0 Å². The summed E-state index contributed by atoms with van der Waals surface area (Å²) in [7, 11) is 0. The lowest BCUT2D eigenvalue weighted by Gasteiger charge is -2.02.